The molecular formula is C18H15Cl2N5. The molecule has 3 heterocycles. The Labute approximate surface area is 154 Å². The van der Waals surface area contributed by atoms with Gasteiger partial charge >= 0.3 is 0 Å². The number of aromatic nitrogens is 4. The van der Waals surface area contributed by atoms with Crippen LogP contribution >= 0.6 is 23.2 Å². The van der Waals surface area contributed by atoms with Gasteiger partial charge in [-0.1, -0.05) is 53.0 Å². The Morgan fingerprint density at radius 3 is 2.72 bits per heavy atom. The van der Waals surface area contributed by atoms with Gasteiger partial charge in [-0.3, -0.25) is 4.40 Å². The molecule has 7 heteroatoms. The number of benzene rings is 1. The summed E-state index contributed by atoms with van der Waals surface area (Å²) < 4.78 is 1.93. The van der Waals surface area contributed by atoms with Crippen molar-refractivity contribution in [2.24, 2.45) is 0 Å². The third-order valence-electron chi connectivity index (χ3n) is 3.99. The lowest BCUT2D eigenvalue weighted by atomic mass is 10.1. The molecule has 0 atom stereocenters. The maximum atomic E-state index is 6.35. The van der Waals surface area contributed by atoms with Crippen LogP contribution < -0.4 is 5.32 Å². The van der Waals surface area contributed by atoms with E-state index in [-0.39, 0.29) is 0 Å². The molecule has 0 bridgehead atoms. The Morgan fingerprint density at radius 1 is 1.20 bits per heavy atom. The second-order valence-electron chi connectivity index (χ2n) is 5.76. The number of nitrogens with zero attached hydrogens (tertiary/aromatic N) is 3. The van der Waals surface area contributed by atoms with Gasteiger partial charge < -0.3 is 10.3 Å². The molecule has 0 aliphatic rings. The summed E-state index contributed by atoms with van der Waals surface area (Å²) in [5.41, 5.74) is 4.72. The maximum Gasteiger partial charge on any atom is 0.200 e. The lowest BCUT2D eigenvalue weighted by Crippen LogP contribution is -2.05. The molecule has 5 nitrogen and oxygen atoms in total. The molecule has 0 aliphatic carbocycles. The number of H-pyrrole nitrogens is 1. The van der Waals surface area contributed by atoms with Gasteiger partial charge in [0.05, 0.1) is 28.0 Å². The Kier molecular flexibility index (Phi) is 4.11. The third kappa shape index (κ3) is 3.08. The van der Waals surface area contributed by atoms with E-state index in [1.807, 2.05) is 10.6 Å². The molecule has 25 heavy (non-hydrogen) atoms. The highest BCUT2D eigenvalue weighted by Gasteiger charge is 2.17. The van der Waals surface area contributed by atoms with E-state index in [1.165, 1.54) is 5.56 Å². The van der Waals surface area contributed by atoms with Crippen molar-refractivity contribution >= 4 is 34.8 Å². The standard InChI is InChI=1S/C18H15Cl2N5/c1-11-2-4-12(5-3-11)16-15(9-23-18-21-6-7-22-18)25-10-13(19)8-14(20)17(25)24-16/h2-8,10H,9H2,1H3,(H2,21,22,23). The number of fused-ring (bicyclic) bond motifs is 1. The van der Waals surface area contributed by atoms with E-state index in [0.29, 0.717) is 28.2 Å². The number of imidazole rings is 2. The highest BCUT2D eigenvalue weighted by Crippen LogP contribution is 2.30. The fourth-order valence-corrected chi connectivity index (χ4v) is 3.27. The molecular weight excluding hydrogens is 357 g/mol. The summed E-state index contributed by atoms with van der Waals surface area (Å²) >= 11 is 12.6. The van der Waals surface area contributed by atoms with Gasteiger partial charge in [0.15, 0.2) is 11.6 Å². The minimum atomic E-state index is 0.519. The molecule has 1 aromatic carbocycles. The first-order valence-corrected chi connectivity index (χ1v) is 8.53. The zero-order valence-electron chi connectivity index (χ0n) is 13.4. The van der Waals surface area contributed by atoms with E-state index in [0.717, 1.165) is 17.0 Å². The van der Waals surface area contributed by atoms with Gasteiger partial charge in [0.25, 0.3) is 0 Å². The van der Waals surface area contributed by atoms with Crippen LogP contribution in [0.15, 0.2) is 48.9 Å². The number of aryl methyl sites for hydroxylation is 1. The zero-order valence-corrected chi connectivity index (χ0v) is 14.9. The SMILES string of the molecule is Cc1ccc(-c2nc3c(Cl)cc(Cl)cn3c2CNc2ncc[nH]2)cc1. The van der Waals surface area contributed by atoms with Crippen molar-refractivity contribution in [1.82, 2.24) is 19.4 Å². The van der Waals surface area contributed by atoms with E-state index in [9.17, 15) is 0 Å². The van der Waals surface area contributed by atoms with E-state index < -0.39 is 0 Å². The average Bonchev–Trinajstić information content (AvgIpc) is 3.21. The van der Waals surface area contributed by atoms with Crippen LogP contribution in [0.3, 0.4) is 0 Å². The van der Waals surface area contributed by atoms with E-state index in [2.05, 4.69) is 46.5 Å². The topological polar surface area (TPSA) is 58.0 Å². The normalized spacial score (nSPS) is 11.2. The minimum Gasteiger partial charge on any atom is -0.350 e. The summed E-state index contributed by atoms with van der Waals surface area (Å²) in [5, 5.41) is 4.34. The first kappa shape index (κ1) is 16.0. The Morgan fingerprint density at radius 2 is 2.00 bits per heavy atom. The van der Waals surface area contributed by atoms with Crippen molar-refractivity contribution in [3.8, 4) is 11.3 Å². The molecule has 0 aliphatic heterocycles. The molecule has 126 valence electrons. The predicted molar refractivity (Wildman–Crippen MR) is 101 cm³/mol. The lowest BCUT2D eigenvalue weighted by Gasteiger charge is -2.07. The van der Waals surface area contributed by atoms with Gasteiger partial charge in [-0.2, -0.15) is 0 Å². The number of nitrogens with one attached hydrogen (secondary N) is 2. The Bertz CT molecular complexity index is 1020. The highest BCUT2D eigenvalue weighted by atomic mass is 35.5. The van der Waals surface area contributed by atoms with Crippen molar-refractivity contribution in [3.05, 3.63) is 70.2 Å². The van der Waals surface area contributed by atoms with Crippen molar-refractivity contribution in [2.75, 3.05) is 5.32 Å². The van der Waals surface area contributed by atoms with Gasteiger partial charge in [-0.25, -0.2) is 9.97 Å². The summed E-state index contributed by atoms with van der Waals surface area (Å²) in [5.74, 6) is 0.693. The van der Waals surface area contributed by atoms with Gasteiger partial charge in [-0.05, 0) is 13.0 Å². The molecule has 0 radical (unpaired) electrons. The summed E-state index contributed by atoms with van der Waals surface area (Å²) in [6, 6.07) is 9.95. The number of halogens is 2. The van der Waals surface area contributed by atoms with Crippen LogP contribution in [-0.2, 0) is 6.54 Å². The summed E-state index contributed by atoms with van der Waals surface area (Å²) in [7, 11) is 0. The molecule has 0 fully saturated rings. The molecule has 2 N–H and O–H groups in total. The Hall–Kier alpha value is -2.50. The van der Waals surface area contributed by atoms with Gasteiger partial charge in [-0.15, -0.1) is 0 Å². The molecule has 3 aromatic heterocycles. The summed E-state index contributed by atoms with van der Waals surface area (Å²) in [6.07, 6.45) is 5.30. The molecule has 4 aromatic rings. The van der Waals surface area contributed by atoms with Crippen molar-refractivity contribution in [3.63, 3.8) is 0 Å². The van der Waals surface area contributed by atoms with Gasteiger partial charge in [0, 0.05) is 24.2 Å². The Balaban J connectivity index is 1.86. The molecule has 4 rings (SSSR count). The van der Waals surface area contributed by atoms with Crippen LogP contribution in [0, 0.1) is 6.92 Å². The van der Waals surface area contributed by atoms with Crippen LogP contribution in [0.25, 0.3) is 16.9 Å². The molecule has 0 amide bonds. The summed E-state index contributed by atoms with van der Waals surface area (Å²) in [4.78, 5) is 12.0. The van der Waals surface area contributed by atoms with Gasteiger partial charge in [0.1, 0.15) is 0 Å². The average molecular weight is 372 g/mol. The van der Waals surface area contributed by atoms with Crippen LogP contribution in [0.2, 0.25) is 10.0 Å². The maximum absolute atomic E-state index is 6.35. The lowest BCUT2D eigenvalue weighted by molar-refractivity contribution is 0.988. The number of hydrogen-bond acceptors (Lipinski definition) is 3. The second kappa shape index (κ2) is 6.43. The van der Waals surface area contributed by atoms with Crippen molar-refractivity contribution < 1.29 is 0 Å². The molecule has 0 saturated carbocycles. The van der Waals surface area contributed by atoms with Crippen LogP contribution in [-0.4, -0.2) is 19.4 Å². The van der Waals surface area contributed by atoms with E-state index >= 15 is 0 Å². The second-order valence-corrected chi connectivity index (χ2v) is 6.61. The fourth-order valence-electron chi connectivity index (χ4n) is 2.76. The highest BCUT2D eigenvalue weighted by molar-refractivity contribution is 6.36. The minimum absolute atomic E-state index is 0.519. The zero-order chi connectivity index (χ0) is 17.4. The largest absolute Gasteiger partial charge is 0.350 e. The first-order chi connectivity index (χ1) is 12.1. The number of aromatic amines is 1. The quantitative estimate of drug-likeness (QED) is 0.533. The number of rotatable bonds is 4. The summed E-state index contributed by atoms with van der Waals surface area (Å²) in [6.45, 7) is 2.58. The van der Waals surface area contributed by atoms with Crippen molar-refractivity contribution in [1.29, 1.82) is 0 Å². The first-order valence-electron chi connectivity index (χ1n) is 7.78. The van der Waals surface area contributed by atoms with Crippen LogP contribution in [0.1, 0.15) is 11.3 Å². The van der Waals surface area contributed by atoms with Crippen LogP contribution in [0.4, 0.5) is 5.95 Å². The molecule has 0 spiro atoms. The predicted octanol–water partition coefficient (Wildman–Crippen LogP) is 4.95. The van der Waals surface area contributed by atoms with Crippen molar-refractivity contribution in [2.45, 2.75) is 13.5 Å². The number of hydrogen-bond donors (Lipinski definition) is 2. The number of pyridine rings is 1. The molecule has 0 saturated heterocycles. The fraction of sp³-hybridized carbons (Fsp3) is 0.111. The van der Waals surface area contributed by atoms with Gasteiger partial charge in [0.2, 0.25) is 0 Å². The molecule has 0 unspecified atom stereocenters. The van der Waals surface area contributed by atoms with Crippen LogP contribution in [0.5, 0.6) is 0 Å². The van der Waals surface area contributed by atoms with E-state index in [1.54, 1.807) is 18.5 Å². The smallest absolute Gasteiger partial charge is 0.200 e. The third-order valence-corrected chi connectivity index (χ3v) is 4.47. The monoisotopic (exact) mass is 371 g/mol. The van der Waals surface area contributed by atoms with E-state index in [4.69, 9.17) is 28.2 Å². The number of anilines is 1.